The molecule has 3 rings (SSSR count). The summed E-state index contributed by atoms with van der Waals surface area (Å²) in [6.45, 7) is 4.20. The molecule has 0 N–H and O–H groups in total. The molecule has 156 valence electrons. The van der Waals surface area contributed by atoms with E-state index in [-0.39, 0.29) is 18.2 Å². The van der Waals surface area contributed by atoms with Crippen molar-refractivity contribution in [2.24, 2.45) is 0 Å². The van der Waals surface area contributed by atoms with Gasteiger partial charge in [-0.1, -0.05) is 24.3 Å². The molecule has 2 aromatic rings. The molecular weight excluding hydrogens is 385 g/mol. The molecule has 0 spiro atoms. The van der Waals surface area contributed by atoms with Crippen LogP contribution in [0.25, 0.3) is 0 Å². The van der Waals surface area contributed by atoms with Crippen molar-refractivity contribution in [1.82, 2.24) is 9.80 Å². The second-order valence-corrected chi connectivity index (χ2v) is 6.94. The molecule has 0 aliphatic carbocycles. The third-order valence-electron chi connectivity index (χ3n) is 4.61. The van der Waals surface area contributed by atoms with Crippen LogP contribution in [0.15, 0.2) is 48.5 Å². The number of amides is 1. The Labute approximate surface area is 167 Å². The van der Waals surface area contributed by atoms with E-state index in [1.807, 2.05) is 18.2 Å². The first-order chi connectivity index (χ1) is 13.8. The van der Waals surface area contributed by atoms with Gasteiger partial charge < -0.3 is 14.4 Å². The molecule has 1 saturated heterocycles. The fourth-order valence-electron chi connectivity index (χ4n) is 3.18. The SMILES string of the molecule is CN(Cc1ccc(OC(F)(F)F)cc1)C(=O)c1cccc(CN2CCOCC2)c1. The lowest BCUT2D eigenvalue weighted by atomic mass is 10.1. The van der Waals surface area contributed by atoms with Crippen LogP contribution in [-0.4, -0.2) is 55.4 Å². The highest BCUT2D eigenvalue weighted by atomic mass is 19.4. The second-order valence-electron chi connectivity index (χ2n) is 6.94. The maximum atomic E-state index is 12.8. The van der Waals surface area contributed by atoms with Crippen LogP contribution >= 0.6 is 0 Å². The van der Waals surface area contributed by atoms with E-state index >= 15 is 0 Å². The fourth-order valence-corrected chi connectivity index (χ4v) is 3.18. The zero-order chi connectivity index (χ0) is 20.9. The van der Waals surface area contributed by atoms with Crippen LogP contribution in [-0.2, 0) is 17.8 Å². The van der Waals surface area contributed by atoms with Crippen molar-refractivity contribution >= 4 is 5.91 Å². The van der Waals surface area contributed by atoms with Gasteiger partial charge in [0.25, 0.3) is 5.91 Å². The quantitative estimate of drug-likeness (QED) is 0.731. The summed E-state index contributed by atoms with van der Waals surface area (Å²) in [7, 11) is 1.66. The number of nitrogens with zero attached hydrogens (tertiary/aromatic N) is 2. The summed E-state index contributed by atoms with van der Waals surface area (Å²) >= 11 is 0. The summed E-state index contributed by atoms with van der Waals surface area (Å²) in [5.74, 6) is -0.435. The molecule has 1 aliphatic rings. The van der Waals surface area contributed by atoms with E-state index in [0.717, 1.165) is 25.2 Å². The summed E-state index contributed by atoms with van der Waals surface area (Å²) < 4.78 is 45.9. The van der Waals surface area contributed by atoms with Crippen LogP contribution in [0.4, 0.5) is 13.2 Å². The summed E-state index contributed by atoms with van der Waals surface area (Å²) in [5, 5.41) is 0. The van der Waals surface area contributed by atoms with Gasteiger partial charge in [-0.15, -0.1) is 13.2 Å². The number of carbonyl (C=O) groups excluding carboxylic acids is 1. The number of ether oxygens (including phenoxy) is 2. The van der Waals surface area contributed by atoms with Crippen LogP contribution in [0.3, 0.4) is 0 Å². The van der Waals surface area contributed by atoms with Crippen molar-refractivity contribution in [3.63, 3.8) is 0 Å². The molecule has 0 saturated carbocycles. The monoisotopic (exact) mass is 408 g/mol. The first kappa shape index (κ1) is 21.1. The molecule has 0 radical (unpaired) electrons. The average molecular weight is 408 g/mol. The van der Waals surface area contributed by atoms with Crippen LogP contribution in [0, 0.1) is 0 Å². The predicted molar refractivity (Wildman–Crippen MR) is 101 cm³/mol. The van der Waals surface area contributed by atoms with Crippen LogP contribution in [0.5, 0.6) is 5.75 Å². The van der Waals surface area contributed by atoms with Crippen LogP contribution in [0.2, 0.25) is 0 Å². The van der Waals surface area contributed by atoms with E-state index in [0.29, 0.717) is 24.3 Å². The lowest BCUT2D eigenvalue weighted by Gasteiger charge is -2.26. The van der Waals surface area contributed by atoms with E-state index in [9.17, 15) is 18.0 Å². The highest BCUT2D eigenvalue weighted by Crippen LogP contribution is 2.23. The summed E-state index contributed by atoms with van der Waals surface area (Å²) in [4.78, 5) is 16.6. The zero-order valence-electron chi connectivity index (χ0n) is 16.1. The lowest BCUT2D eigenvalue weighted by Crippen LogP contribution is -2.35. The number of alkyl halides is 3. The maximum Gasteiger partial charge on any atom is 0.573 e. The predicted octanol–water partition coefficient (Wildman–Crippen LogP) is 3.69. The van der Waals surface area contributed by atoms with Crippen molar-refractivity contribution in [2.45, 2.75) is 19.5 Å². The van der Waals surface area contributed by atoms with Crippen molar-refractivity contribution in [2.75, 3.05) is 33.4 Å². The molecule has 1 heterocycles. The van der Waals surface area contributed by atoms with Gasteiger partial charge in [0, 0.05) is 38.8 Å². The van der Waals surface area contributed by atoms with Gasteiger partial charge in [-0.3, -0.25) is 9.69 Å². The Morgan fingerprint density at radius 1 is 1.10 bits per heavy atom. The molecule has 1 fully saturated rings. The van der Waals surface area contributed by atoms with Crippen molar-refractivity contribution in [1.29, 1.82) is 0 Å². The number of carbonyl (C=O) groups is 1. The van der Waals surface area contributed by atoms with E-state index < -0.39 is 6.36 Å². The summed E-state index contributed by atoms with van der Waals surface area (Å²) in [6.07, 6.45) is -4.72. The number of hydrogen-bond acceptors (Lipinski definition) is 4. The smallest absolute Gasteiger partial charge is 0.406 e. The second kappa shape index (κ2) is 9.28. The highest BCUT2D eigenvalue weighted by molar-refractivity contribution is 5.94. The Balaban J connectivity index is 1.60. The summed E-state index contributed by atoms with van der Waals surface area (Å²) in [5.41, 5.74) is 2.34. The molecule has 0 aromatic heterocycles. The van der Waals surface area contributed by atoms with Gasteiger partial charge in [0.2, 0.25) is 0 Å². The van der Waals surface area contributed by atoms with Gasteiger partial charge in [0.15, 0.2) is 0 Å². The first-order valence-corrected chi connectivity index (χ1v) is 9.29. The topological polar surface area (TPSA) is 42.0 Å². The standard InChI is InChI=1S/C21H23F3N2O3/c1-25(14-16-5-7-19(8-6-16)29-21(22,23)24)20(27)18-4-2-3-17(13-18)15-26-9-11-28-12-10-26/h2-8,13H,9-12,14-15H2,1H3. The first-order valence-electron chi connectivity index (χ1n) is 9.29. The number of benzene rings is 2. The van der Waals surface area contributed by atoms with Gasteiger partial charge in [-0.2, -0.15) is 0 Å². The van der Waals surface area contributed by atoms with E-state index in [2.05, 4.69) is 9.64 Å². The molecule has 29 heavy (non-hydrogen) atoms. The van der Waals surface area contributed by atoms with Crippen LogP contribution in [0.1, 0.15) is 21.5 Å². The minimum atomic E-state index is -4.72. The molecule has 2 aromatic carbocycles. The molecule has 0 bridgehead atoms. The third-order valence-corrected chi connectivity index (χ3v) is 4.61. The van der Waals surface area contributed by atoms with Crippen molar-refractivity contribution < 1.29 is 27.4 Å². The van der Waals surface area contributed by atoms with Crippen molar-refractivity contribution in [3.05, 3.63) is 65.2 Å². The minimum Gasteiger partial charge on any atom is -0.406 e. The van der Waals surface area contributed by atoms with Gasteiger partial charge >= 0.3 is 6.36 Å². The maximum absolute atomic E-state index is 12.8. The Bertz CT molecular complexity index is 819. The van der Waals surface area contributed by atoms with Crippen LogP contribution < -0.4 is 4.74 Å². The van der Waals surface area contributed by atoms with E-state index in [4.69, 9.17) is 4.74 Å². The minimum absolute atomic E-state index is 0.149. The van der Waals surface area contributed by atoms with Gasteiger partial charge in [-0.05, 0) is 35.4 Å². The Morgan fingerprint density at radius 3 is 2.45 bits per heavy atom. The fraction of sp³-hybridized carbons (Fsp3) is 0.381. The van der Waals surface area contributed by atoms with E-state index in [1.54, 1.807) is 13.1 Å². The largest absolute Gasteiger partial charge is 0.573 e. The molecule has 1 amide bonds. The lowest BCUT2D eigenvalue weighted by molar-refractivity contribution is -0.274. The molecule has 8 heteroatoms. The molecule has 5 nitrogen and oxygen atoms in total. The number of halogens is 3. The molecule has 1 aliphatic heterocycles. The zero-order valence-corrected chi connectivity index (χ0v) is 16.1. The number of rotatable bonds is 6. The molecular formula is C21H23F3N2O3. The highest BCUT2D eigenvalue weighted by Gasteiger charge is 2.31. The third kappa shape index (κ3) is 6.47. The normalized spacial score (nSPS) is 15.2. The molecule has 0 unspecified atom stereocenters. The van der Waals surface area contributed by atoms with Gasteiger partial charge in [0.1, 0.15) is 5.75 Å². The van der Waals surface area contributed by atoms with E-state index in [1.165, 1.54) is 29.2 Å². The average Bonchev–Trinajstić information content (AvgIpc) is 2.69. The van der Waals surface area contributed by atoms with Crippen molar-refractivity contribution in [3.8, 4) is 5.75 Å². The number of morpholine rings is 1. The Morgan fingerprint density at radius 2 is 1.79 bits per heavy atom. The Hall–Kier alpha value is -2.58. The number of hydrogen-bond donors (Lipinski definition) is 0. The summed E-state index contributed by atoms with van der Waals surface area (Å²) in [6, 6.07) is 13.0. The van der Waals surface area contributed by atoms with Gasteiger partial charge in [-0.25, -0.2) is 0 Å². The Kier molecular flexibility index (Phi) is 6.76. The molecule has 0 atom stereocenters. The van der Waals surface area contributed by atoms with Gasteiger partial charge in [0.05, 0.1) is 13.2 Å².